The Kier molecular flexibility index (Phi) is 8.88. The maximum absolute atomic E-state index is 12.6. The van der Waals surface area contributed by atoms with Crippen LogP contribution in [0.15, 0.2) is 53.7 Å². The normalized spacial score (nSPS) is 15.1. The third kappa shape index (κ3) is 7.19. The fourth-order valence-electron chi connectivity index (χ4n) is 3.47. The summed E-state index contributed by atoms with van der Waals surface area (Å²) in [5.74, 6) is -1.44. The van der Waals surface area contributed by atoms with Crippen molar-refractivity contribution in [2.24, 2.45) is 5.92 Å². The van der Waals surface area contributed by atoms with Crippen LogP contribution >= 0.6 is 0 Å². The van der Waals surface area contributed by atoms with Gasteiger partial charge in [-0.05, 0) is 49.1 Å². The number of nitrogens with zero attached hydrogens (tertiary/aromatic N) is 2. The molecule has 1 aliphatic heterocycles. The van der Waals surface area contributed by atoms with Gasteiger partial charge in [0.05, 0.1) is 5.92 Å². The molecule has 1 aromatic heterocycles. The molecule has 0 unspecified atom stereocenters. The second-order valence-corrected chi connectivity index (χ2v) is 9.54. The standard InChI is InChI=1S/C22H25F2N3O6S/c23-22(24)33-18-5-3-16(4-6-18)7-11-26-20(28)15-32-21(29)17-8-12-27(13-9-17)34(30,31)19-2-1-10-25-14-19/h1-6,10,14,17,22H,7-9,11-13,15H2,(H,26,28). The maximum Gasteiger partial charge on any atom is 0.387 e. The smallest absolute Gasteiger partial charge is 0.387 e. The van der Waals surface area contributed by atoms with Crippen LogP contribution in [0.5, 0.6) is 5.75 Å². The van der Waals surface area contributed by atoms with Gasteiger partial charge in [0.15, 0.2) is 6.61 Å². The Morgan fingerprint density at radius 2 is 1.85 bits per heavy atom. The molecule has 0 atom stereocenters. The molecule has 9 nitrogen and oxygen atoms in total. The zero-order chi connectivity index (χ0) is 24.6. The summed E-state index contributed by atoms with van der Waals surface area (Å²) in [7, 11) is -3.66. The van der Waals surface area contributed by atoms with Gasteiger partial charge < -0.3 is 14.8 Å². The van der Waals surface area contributed by atoms with Gasteiger partial charge in [0.25, 0.3) is 5.91 Å². The van der Waals surface area contributed by atoms with Crippen LogP contribution < -0.4 is 10.1 Å². The summed E-state index contributed by atoms with van der Waals surface area (Å²) < 4.78 is 60.2. The molecule has 0 saturated carbocycles. The van der Waals surface area contributed by atoms with Crippen molar-refractivity contribution >= 4 is 21.9 Å². The molecule has 0 aliphatic carbocycles. The first-order valence-electron chi connectivity index (χ1n) is 10.6. The van der Waals surface area contributed by atoms with E-state index in [9.17, 15) is 26.8 Å². The average Bonchev–Trinajstić information content (AvgIpc) is 2.84. The van der Waals surface area contributed by atoms with Gasteiger partial charge in [-0.1, -0.05) is 12.1 Å². The largest absolute Gasteiger partial charge is 0.455 e. The number of esters is 1. The number of alkyl halides is 2. The predicted octanol–water partition coefficient (Wildman–Crippen LogP) is 1.99. The summed E-state index contributed by atoms with van der Waals surface area (Å²) in [5, 5.41) is 2.62. The highest BCUT2D eigenvalue weighted by molar-refractivity contribution is 7.89. The monoisotopic (exact) mass is 497 g/mol. The highest BCUT2D eigenvalue weighted by atomic mass is 32.2. The Balaban J connectivity index is 1.35. The van der Waals surface area contributed by atoms with E-state index < -0.39 is 41.0 Å². The first-order valence-corrected chi connectivity index (χ1v) is 12.1. The molecule has 34 heavy (non-hydrogen) atoms. The number of pyridine rings is 1. The number of piperidine rings is 1. The van der Waals surface area contributed by atoms with E-state index in [2.05, 4.69) is 15.0 Å². The zero-order valence-electron chi connectivity index (χ0n) is 18.2. The summed E-state index contributed by atoms with van der Waals surface area (Å²) in [5.41, 5.74) is 0.812. The maximum atomic E-state index is 12.6. The first-order chi connectivity index (χ1) is 16.3. The van der Waals surface area contributed by atoms with E-state index in [0.29, 0.717) is 19.3 Å². The molecule has 184 valence electrons. The molecule has 0 radical (unpaired) electrons. The molecule has 1 amide bonds. The summed E-state index contributed by atoms with van der Waals surface area (Å²) in [6, 6.07) is 9.08. The molecule has 12 heteroatoms. The first kappa shape index (κ1) is 25.5. The molecule has 0 bridgehead atoms. The number of hydrogen-bond acceptors (Lipinski definition) is 7. The van der Waals surface area contributed by atoms with Crippen molar-refractivity contribution in [2.75, 3.05) is 26.2 Å². The minimum Gasteiger partial charge on any atom is -0.455 e. The Labute approximate surface area is 196 Å². The van der Waals surface area contributed by atoms with E-state index in [1.165, 1.54) is 34.9 Å². The second kappa shape index (κ2) is 11.8. The average molecular weight is 498 g/mol. The van der Waals surface area contributed by atoms with Crippen LogP contribution in [0.4, 0.5) is 8.78 Å². The van der Waals surface area contributed by atoms with E-state index in [-0.39, 0.29) is 30.3 Å². The fourth-order valence-corrected chi connectivity index (χ4v) is 4.90. The van der Waals surface area contributed by atoms with Crippen LogP contribution in [0.2, 0.25) is 0 Å². The molecule has 1 aliphatic rings. The number of carbonyl (C=O) groups is 2. The van der Waals surface area contributed by atoms with Crippen molar-refractivity contribution in [3.8, 4) is 5.75 Å². The van der Waals surface area contributed by atoms with Gasteiger partial charge in [-0.15, -0.1) is 0 Å². The SMILES string of the molecule is O=C(COC(=O)C1CCN(S(=O)(=O)c2cccnc2)CC1)NCCc1ccc(OC(F)F)cc1. The summed E-state index contributed by atoms with van der Waals surface area (Å²) in [6.45, 7) is -2.71. The lowest BCUT2D eigenvalue weighted by atomic mass is 9.98. The molecular formula is C22H25F2N3O6S. The number of amides is 1. The van der Waals surface area contributed by atoms with Crippen LogP contribution in [-0.4, -0.2) is 62.4 Å². The Morgan fingerprint density at radius 1 is 1.15 bits per heavy atom. The van der Waals surface area contributed by atoms with Crippen molar-refractivity contribution in [1.82, 2.24) is 14.6 Å². The molecule has 1 N–H and O–H groups in total. The zero-order valence-corrected chi connectivity index (χ0v) is 19.0. The lowest BCUT2D eigenvalue weighted by Crippen LogP contribution is -2.41. The van der Waals surface area contributed by atoms with Crippen LogP contribution in [0.3, 0.4) is 0 Å². The predicted molar refractivity (Wildman–Crippen MR) is 116 cm³/mol. The summed E-state index contributed by atoms with van der Waals surface area (Å²) in [4.78, 5) is 28.2. The van der Waals surface area contributed by atoms with Crippen molar-refractivity contribution in [3.05, 3.63) is 54.4 Å². The number of nitrogens with one attached hydrogen (secondary N) is 1. The van der Waals surface area contributed by atoms with E-state index in [0.717, 1.165) is 5.56 Å². The van der Waals surface area contributed by atoms with Gasteiger partial charge in [0.2, 0.25) is 10.0 Å². The number of aromatic nitrogens is 1. The topological polar surface area (TPSA) is 115 Å². The number of benzene rings is 1. The van der Waals surface area contributed by atoms with Gasteiger partial charge in [0.1, 0.15) is 10.6 Å². The summed E-state index contributed by atoms with van der Waals surface area (Å²) in [6.07, 6.45) is 3.82. The molecule has 1 saturated heterocycles. The van der Waals surface area contributed by atoms with Crippen molar-refractivity contribution in [2.45, 2.75) is 30.8 Å². The van der Waals surface area contributed by atoms with E-state index in [1.54, 1.807) is 18.2 Å². The molecule has 2 aromatic rings. The van der Waals surface area contributed by atoms with Crippen LogP contribution in [-0.2, 0) is 30.8 Å². The molecule has 0 spiro atoms. The van der Waals surface area contributed by atoms with E-state index >= 15 is 0 Å². The lowest BCUT2D eigenvalue weighted by molar-refractivity contribution is -0.153. The molecular weight excluding hydrogens is 472 g/mol. The van der Waals surface area contributed by atoms with Crippen molar-refractivity contribution in [1.29, 1.82) is 0 Å². The van der Waals surface area contributed by atoms with Crippen molar-refractivity contribution < 1.29 is 36.3 Å². The highest BCUT2D eigenvalue weighted by Gasteiger charge is 2.33. The molecule has 1 fully saturated rings. The van der Waals surface area contributed by atoms with Gasteiger partial charge in [0, 0.05) is 32.0 Å². The molecule has 1 aromatic carbocycles. The van der Waals surface area contributed by atoms with Gasteiger partial charge in [-0.3, -0.25) is 14.6 Å². The number of rotatable bonds is 10. The summed E-state index contributed by atoms with van der Waals surface area (Å²) >= 11 is 0. The van der Waals surface area contributed by atoms with E-state index in [4.69, 9.17) is 4.74 Å². The lowest BCUT2D eigenvalue weighted by Gasteiger charge is -2.29. The second-order valence-electron chi connectivity index (χ2n) is 7.60. The third-order valence-corrected chi connectivity index (χ3v) is 7.17. The van der Waals surface area contributed by atoms with Gasteiger partial charge in [-0.2, -0.15) is 13.1 Å². The van der Waals surface area contributed by atoms with Crippen LogP contribution in [0.1, 0.15) is 18.4 Å². The number of halogens is 2. The van der Waals surface area contributed by atoms with Crippen LogP contribution in [0, 0.1) is 5.92 Å². The fraction of sp³-hybridized carbons (Fsp3) is 0.409. The number of carbonyl (C=O) groups excluding carboxylic acids is 2. The number of sulfonamides is 1. The van der Waals surface area contributed by atoms with Crippen molar-refractivity contribution in [3.63, 3.8) is 0 Å². The van der Waals surface area contributed by atoms with Crippen LogP contribution in [0.25, 0.3) is 0 Å². The third-order valence-electron chi connectivity index (χ3n) is 5.29. The number of ether oxygens (including phenoxy) is 2. The minimum atomic E-state index is -3.66. The van der Waals surface area contributed by atoms with Gasteiger partial charge >= 0.3 is 12.6 Å². The highest BCUT2D eigenvalue weighted by Crippen LogP contribution is 2.24. The Morgan fingerprint density at radius 3 is 2.47 bits per heavy atom. The molecule has 2 heterocycles. The quantitative estimate of drug-likeness (QED) is 0.499. The van der Waals surface area contributed by atoms with Gasteiger partial charge in [-0.25, -0.2) is 8.42 Å². The Bertz CT molecular complexity index is 1060. The minimum absolute atomic E-state index is 0.0511. The van der Waals surface area contributed by atoms with E-state index in [1.807, 2.05) is 0 Å². The number of hydrogen-bond donors (Lipinski definition) is 1. The Hall–Kier alpha value is -3.12. The molecule has 3 rings (SSSR count).